The normalized spacial score (nSPS) is 12.0. The van der Waals surface area contributed by atoms with Crippen LogP contribution in [0.15, 0.2) is 70.3 Å². The van der Waals surface area contributed by atoms with Crippen molar-refractivity contribution in [2.75, 3.05) is 17.2 Å². The summed E-state index contributed by atoms with van der Waals surface area (Å²) in [4.78, 5) is 25.3. The van der Waals surface area contributed by atoms with Crippen molar-refractivity contribution in [1.29, 1.82) is 0 Å². The standard InChI is InChI=1S/C24H22N8O3/c1-14-27-22(34)17-9-8-16(10-20(17)32(14)2)28-24-25-11-18(23-31-26-13-35-23)21(30-24)29-19(12-33)15-6-4-3-5-7-15/h3-11,13,19,33H,12H2,1-2H3,(H2,25,28,29,30)/t19-/m1/s1. The lowest BCUT2D eigenvalue weighted by atomic mass is 10.1. The number of aromatic nitrogens is 6. The van der Waals surface area contributed by atoms with Gasteiger partial charge in [-0.05, 0) is 30.7 Å². The van der Waals surface area contributed by atoms with E-state index >= 15 is 0 Å². The maximum Gasteiger partial charge on any atom is 0.280 e. The molecule has 176 valence electrons. The highest BCUT2D eigenvalue weighted by atomic mass is 16.4. The summed E-state index contributed by atoms with van der Waals surface area (Å²) < 4.78 is 7.21. The predicted octanol–water partition coefficient (Wildman–Crippen LogP) is 2.97. The fraction of sp³-hybridized carbons (Fsp3) is 0.167. The molecule has 0 fully saturated rings. The minimum Gasteiger partial charge on any atom is -0.423 e. The van der Waals surface area contributed by atoms with E-state index in [1.54, 1.807) is 25.3 Å². The lowest BCUT2D eigenvalue weighted by Crippen LogP contribution is -2.17. The molecule has 11 heteroatoms. The summed E-state index contributed by atoms with van der Waals surface area (Å²) in [6, 6.07) is 14.4. The van der Waals surface area contributed by atoms with Gasteiger partial charge in [0, 0.05) is 18.9 Å². The average molecular weight is 470 g/mol. The molecule has 0 saturated carbocycles. The van der Waals surface area contributed by atoms with Gasteiger partial charge in [-0.1, -0.05) is 30.3 Å². The fourth-order valence-corrected chi connectivity index (χ4v) is 3.74. The second-order valence-electron chi connectivity index (χ2n) is 7.87. The lowest BCUT2D eigenvalue weighted by Gasteiger charge is -2.19. The first kappa shape index (κ1) is 22.2. The summed E-state index contributed by atoms with van der Waals surface area (Å²) in [6.07, 6.45) is 2.79. The molecule has 0 bridgehead atoms. The summed E-state index contributed by atoms with van der Waals surface area (Å²) in [6.45, 7) is 1.62. The van der Waals surface area contributed by atoms with Crippen LogP contribution in [0.25, 0.3) is 22.4 Å². The Kier molecular flexibility index (Phi) is 5.90. The monoisotopic (exact) mass is 470 g/mol. The van der Waals surface area contributed by atoms with Crippen LogP contribution < -0.4 is 16.2 Å². The third kappa shape index (κ3) is 4.44. The minimum absolute atomic E-state index is 0.161. The first-order valence-corrected chi connectivity index (χ1v) is 10.8. The number of nitrogens with zero attached hydrogens (tertiary/aromatic N) is 6. The van der Waals surface area contributed by atoms with Crippen LogP contribution in [0.3, 0.4) is 0 Å². The molecule has 11 nitrogen and oxygen atoms in total. The molecule has 3 heterocycles. The number of benzene rings is 2. The summed E-state index contributed by atoms with van der Waals surface area (Å²) >= 11 is 0. The van der Waals surface area contributed by atoms with Crippen LogP contribution >= 0.6 is 0 Å². The van der Waals surface area contributed by atoms with Crippen LogP contribution in [0, 0.1) is 6.92 Å². The fourth-order valence-electron chi connectivity index (χ4n) is 3.74. The maximum atomic E-state index is 12.2. The van der Waals surface area contributed by atoms with Crippen molar-refractivity contribution < 1.29 is 9.52 Å². The number of nitrogens with one attached hydrogen (secondary N) is 2. The van der Waals surface area contributed by atoms with Gasteiger partial charge in [0.25, 0.3) is 11.4 Å². The van der Waals surface area contributed by atoms with Gasteiger partial charge >= 0.3 is 0 Å². The van der Waals surface area contributed by atoms with Crippen LogP contribution in [0.4, 0.5) is 17.5 Å². The van der Waals surface area contributed by atoms with Crippen LogP contribution in [-0.2, 0) is 7.05 Å². The van der Waals surface area contributed by atoms with Crippen LogP contribution in [-0.4, -0.2) is 41.4 Å². The first-order valence-electron chi connectivity index (χ1n) is 10.8. The average Bonchev–Trinajstić information content (AvgIpc) is 3.41. The van der Waals surface area contributed by atoms with Gasteiger partial charge in [-0.25, -0.2) is 4.98 Å². The first-order chi connectivity index (χ1) is 17.0. The molecule has 0 saturated heterocycles. The van der Waals surface area contributed by atoms with E-state index < -0.39 is 6.04 Å². The van der Waals surface area contributed by atoms with Crippen molar-refractivity contribution in [3.05, 3.63) is 82.9 Å². The maximum absolute atomic E-state index is 12.2. The highest BCUT2D eigenvalue weighted by Gasteiger charge is 2.18. The number of anilines is 3. The van der Waals surface area contributed by atoms with E-state index in [1.165, 1.54) is 6.39 Å². The molecule has 0 spiro atoms. The molecule has 0 radical (unpaired) electrons. The quantitative estimate of drug-likeness (QED) is 0.325. The Hall–Kier alpha value is -4.64. The van der Waals surface area contributed by atoms with E-state index in [-0.39, 0.29) is 18.1 Å². The van der Waals surface area contributed by atoms with Crippen molar-refractivity contribution in [2.24, 2.45) is 7.05 Å². The highest BCUT2D eigenvalue weighted by Crippen LogP contribution is 2.29. The van der Waals surface area contributed by atoms with Crippen molar-refractivity contribution in [2.45, 2.75) is 13.0 Å². The molecule has 5 rings (SSSR count). The zero-order chi connectivity index (χ0) is 24.4. The van der Waals surface area contributed by atoms with Gasteiger partial charge in [0.2, 0.25) is 12.3 Å². The van der Waals surface area contributed by atoms with Gasteiger partial charge in [0.15, 0.2) is 0 Å². The summed E-state index contributed by atoms with van der Waals surface area (Å²) in [7, 11) is 1.85. The third-order valence-corrected chi connectivity index (χ3v) is 5.67. The lowest BCUT2D eigenvalue weighted by molar-refractivity contribution is 0.276. The molecule has 0 amide bonds. The third-order valence-electron chi connectivity index (χ3n) is 5.67. The number of aliphatic hydroxyl groups excluding tert-OH is 1. The van der Waals surface area contributed by atoms with Crippen LogP contribution in [0.1, 0.15) is 17.4 Å². The van der Waals surface area contributed by atoms with Gasteiger partial charge in [0.1, 0.15) is 11.6 Å². The second-order valence-corrected chi connectivity index (χ2v) is 7.87. The van der Waals surface area contributed by atoms with Gasteiger partial charge < -0.3 is 24.7 Å². The Morgan fingerprint density at radius 3 is 2.71 bits per heavy atom. The number of rotatable bonds is 7. The molecule has 1 atom stereocenters. The molecule has 2 aromatic carbocycles. The molecule has 3 aromatic heterocycles. The molecule has 0 aliphatic rings. The largest absolute Gasteiger partial charge is 0.423 e. The van der Waals surface area contributed by atoms with Crippen LogP contribution in [0.5, 0.6) is 0 Å². The minimum atomic E-state index is -0.425. The molecule has 0 aliphatic carbocycles. The Balaban J connectivity index is 1.52. The van der Waals surface area contributed by atoms with Gasteiger partial charge in [-0.15, -0.1) is 10.2 Å². The zero-order valence-corrected chi connectivity index (χ0v) is 19.0. The number of aryl methyl sites for hydroxylation is 2. The van der Waals surface area contributed by atoms with Crippen molar-refractivity contribution in [3.8, 4) is 11.5 Å². The van der Waals surface area contributed by atoms with Crippen molar-refractivity contribution >= 4 is 28.4 Å². The van der Waals surface area contributed by atoms with E-state index in [0.29, 0.717) is 34.2 Å². The number of aliphatic hydroxyl groups is 1. The number of fused-ring (bicyclic) bond motifs is 1. The zero-order valence-electron chi connectivity index (χ0n) is 19.0. The number of hydrogen-bond donors (Lipinski definition) is 3. The van der Waals surface area contributed by atoms with Crippen LogP contribution in [0.2, 0.25) is 0 Å². The van der Waals surface area contributed by atoms with E-state index in [1.807, 2.05) is 48.0 Å². The highest BCUT2D eigenvalue weighted by molar-refractivity contribution is 5.83. The SMILES string of the molecule is Cc1nc(=O)c2ccc(Nc3ncc(-c4nnco4)c(N[C@H](CO)c4ccccc4)n3)cc2n1C. The van der Waals surface area contributed by atoms with E-state index in [9.17, 15) is 9.90 Å². The molecule has 3 N–H and O–H groups in total. The summed E-state index contributed by atoms with van der Waals surface area (Å²) in [5.74, 6) is 1.56. The van der Waals surface area contributed by atoms with Crippen molar-refractivity contribution in [1.82, 2.24) is 29.7 Å². The van der Waals surface area contributed by atoms with Gasteiger partial charge in [0.05, 0.1) is 29.1 Å². The second kappa shape index (κ2) is 9.31. The Morgan fingerprint density at radius 1 is 1.14 bits per heavy atom. The topological polar surface area (TPSA) is 144 Å². The van der Waals surface area contributed by atoms with Gasteiger partial charge in [-0.2, -0.15) is 9.97 Å². The number of hydrogen-bond acceptors (Lipinski definition) is 10. The predicted molar refractivity (Wildman–Crippen MR) is 130 cm³/mol. The Morgan fingerprint density at radius 2 is 1.97 bits per heavy atom. The van der Waals surface area contributed by atoms with Crippen molar-refractivity contribution in [3.63, 3.8) is 0 Å². The Labute approximate surface area is 199 Å². The molecule has 0 unspecified atom stereocenters. The van der Waals surface area contributed by atoms with E-state index in [4.69, 9.17) is 4.42 Å². The molecular formula is C24H22N8O3. The smallest absolute Gasteiger partial charge is 0.280 e. The molecule has 35 heavy (non-hydrogen) atoms. The molecular weight excluding hydrogens is 448 g/mol. The van der Waals surface area contributed by atoms with Gasteiger partial charge in [-0.3, -0.25) is 4.79 Å². The molecule has 5 aromatic rings. The van der Waals surface area contributed by atoms with E-state index in [2.05, 4.69) is 35.8 Å². The molecule has 0 aliphatic heterocycles. The summed E-state index contributed by atoms with van der Waals surface area (Å²) in [5.41, 5.74) is 2.53. The van der Waals surface area contributed by atoms with E-state index in [0.717, 1.165) is 11.1 Å². The summed E-state index contributed by atoms with van der Waals surface area (Å²) in [5, 5.41) is 24.7. The Bertz CT molecular complexity index is 1530.